The summed E-state index contributed by atoms with van der Waals surface area (Å²) < 4.78 is 1.94. The van der Waals surface area contributed by atoms with Gasteiger partial charge in [0.2, 0.25) is 0 Å². The van der Waals surface area contributed by atoms with Crippen molar-refractivity contribution in [1.82, 2.24) is 19.7 Å². The summed E-state index contributed by atoms with van der Waals surface area (Å²) in [4.78, 5) is 10.6. The van der Waals surface area contributed by atoms with Crippen molar-refractivity contribution in [2.24, 2.45) is 0 Å². The van der Waals surface area contributed by atoms with Crippen molar-refractivity contribution in [2.75, 3.05) is 19.0 Å². The number of anilines is 1. The van der Waals surface area contributed by atoms with E-state index in [0.29, 0.717) is 6.04 Å². The highest BCUT2D eigenvalue weighted by molar-refractivity contribution is 5.89. The van der Waals surface area contributed by atoms with Gasteiger partial charge in [0.05, 0.1) is 11.1 Å². The van der Waals surface area contributed by atoms with Crippen LogP contribution in [0, 0.1) is 6.92 Å². The third-order valence-electron chi connectivity index (χ3n) is 2.56. The fourth-order valence-electron chi connectivity index (χ4n) is 1.82. The molecule has 2 rings (SSSR count). The molecule has 0 N–H and O–H groups in total. The molecule has 0 unspecified atom stereocenters. The molecular formula is C11H17N5. The molecule has 5 heteroatoms. The summed E-state index contributed by atoms with van der Waals surface area (Å²) >= 11 is 0. The standard InChI is InChI=1S/C11H17N5/c1-7(2)16-11-9(8(3)14-16)10(15(4)5)12-6-13-11/h6-7H,1-5H3. The van der Waals surface area contributed by atoms with Gasteiger partial charge in [-0.1, -0.05) is 0 Å². The molecular weight excluding hydrogens is 202 g/mol. The van der Waals surface area contributed by atoms with Gasteiger partial charge in [0.1, 0.15) is 12.1 Å². The molecule has 0 amide bonds. The van der Waals surface area contributed by atoms with E-state index in [1.807, 2.05) is 30.6 Å². The SMILES string of the molecule is Cc1nn(C(C)C)c2ncnc(N(C)C)c12. The van der Waals surface area contributed by atoms with Gasteiger partial charge in [-0.25, -0.2) is 14.6 Å². The van der Waals surface area contributed by atoms with E-state index >= 15 is 0 Å². The van der Waals surface area contributed by atoms with Gasteiger partial charge in [-0.2, -0.15) is 5.10 Å². The Morgan fingerprint density at radius 2 is 1.94 bits per heavy atom. The minimum absolute atomic E-state index is 0.307. The second-order valence-electron chi connectivity index (χ2n) is 4.41. The summed E-state index contributed by atoms with van der Waals surface area (Å²) in [5, 5.41) is 5.56. The third-order valence-corrected chi connectivity index (χ3v) is 2.56. The number of aromatic nitrogens is 4. The van der Waals surface area contributed by atoms with Gasteiger partial charge in [-0.05, 0) is 20.8 Å². The topological polar surface area (TPSA) is 46.8 Å². The lowest BCUT2D eigenvalue weighted by atomic mass is 10.3. The maximum Gasteiger partial charge on any atom is 0.163 e. The smallest absolute Gasteiger partial charge is 0.163 e. The van der Waals surface area contributed by atoms with Crippen molar-refractivity contribution < 1.29 is 0 Å². The lowest BCUT2D eigenvalue weighted by molar-refractivity contribution is 0.542. The Morgan fingerprint density at radius 1 is 1.25 bits per heavy atom. The number of hydrogen-bond acceptors (Lipinski definition) is 4. The molecule has 0 fully saturated rings. The Morgan fingerprint density at radius 3 is 2.50 bits per heavy atom. The van der Waals surface area contributed by atoms with Crippen molar-refractivity contribution in [3.8, 4) is 0 Å². The molecule has 0 radical (unpaired) electrons. The molecule has 2 aromatic rings. The van der Waals surface area contributed by atoms with E-state index in [-0.39, 0.29) is 0 Å². The van der Waals surface area contributed by atoms with E-state index in [1.54, 1.807) is 6.33 Å². The minimum Gasteiger partial charge on any atom is -0.362 e. The third kappa shape index (κ3) is 1.52. The maximum atomic E-state index is 4.52. The van der Waals surface area contributed by atoms with Crippen LogP contribution in [0.25, 0.3) is 11.0 Å². The number of hydrogen-bond donors (Lipinski definition) is 0. The minimum atomic E-state index is 0.307. The van der Waals surface area contributed by atoms with E-state index in [9.17, 15) is 0 Å². The zero-order chi connectivity index (χ0) is 11.9. The molecule has 0 aliphatic rings. The van der Waals surface area contributed by atoms with Crippen molar-refractivity contribution in [1.29, 1.82) is 0 Å². The molecule has 0 aromatic carbocycles. The van der Waals surface area contributed by atoms with Gasteiger partial charge < -0.3 is 4.90 Å². The molecule has 0 aliphatic heterocycles. The van der Waals surface area contributed by atoms with E-state index in [2.05, 4.69) is 28.9 Å². The molecule has 16 heavy (non-hydrogen) atoms. The zero-order valence-corrected chi connectivity index (χ0v) is 10.4. The normalized spacial score (nSPS) is 11.4. The lowest BCUT2D eigenvalue weighted by Gasteiger charge is -2.12. The summed E-state index contributed by atoms with van der Waals surface area (Å²) in [6, 6.07) is 0.307. The van der Waals surface area contributed by atoms with E-state index in [1.165, 1.54) is 0 Å². The molecule has 0 bridgehead atoms. The summed E-state index contributed by atoms with van der Waals surface area (Å²) in [5.41, 5.74) is 1.89. The molecule has 0 aliphatic carbocycles. The van der Waals surface area contributed by atoms with Crippen LogP contribution in [0.15, 0.2) is 6.33 Å². The molecule has 0 spiro atoms. The molecule has 2 aromatic heterocycles. The van der Waals surface area contributed by atoms with E-state index in [0.717, 1.165) is 22.5 Å². The predicted molar refractivity (Wildman–Crippen MR) is 64.8 cm³/mol. The number of rotatable bonds is 2. The number of nitrogens with zero attached hydrogens (tertiary/aromatic N) is 5. The highest BCUT2D eigenvalue weighted by Gasteiger charge is 2.16. The fourth-order valence-corrected chi connectivity index (χ4v) is 1.82. The fraction of sp³-hybridized carbons (Fsp3) is 0.545. The van der Waals surface area contributed by atoms with E-state index < -0.39 is 0 Å². The van der Waals surface area contributed by atoms with Crippen molar-refractivity contribution in [2.45, 2.75) is 26.8 Å². The second-order valence-corrected chi connectivity index (χ2v) is 4.41. The van der Waals surface area contributed by atoms with Crippen LogP contribution in [-0.2, 0) is 0 Å². The van der Waals surface area contributed by atoms with Crippen LogP contribution in [0.3, 0.4) is 0 Å². The summed E-state index contributed by atoms with van der Waals surface area (Å²) in [6.45, 7) is 6.20. The number of fused-ring (bicyclic) bond motifs is 1. The Balaban J connectivity index is 2.79. The molecule has 0 atom stereocenters. The largest absolute Gasteiger partial charge is 0.362 e. The lowest BCUT2D eigenvalue weighted by Crippen LogP contribution is -2.11. The molecule has 0 saturated heterocycles. The highest BCUT2D eigenvalue weighted by atomic mass is 15.3. The van der Waals surface area contributed by atoms with Gasteiger partial charge >= 0.3 is 0 Å². The molecule has 5 nitrogen and oxygen atoms in total. The monoisotopic (exact) mass is 219 g/mol. The first-order valence-corrected chi connectivity index (χ1v) is 5.39. The molecule has 2 heterocycles. The van der Waals surface area contributed by atoms with Gasteiger partial charge in [0, 0.05) is 20.1 Å². The van der Waals surface area contributed by atoms with Crippen LogP contribution in [0.4, 0.5) is 5.82 Å². The Kier molecular flexibility index (Phi) is 2.53. The summed E-state index contributed by atoms with van der Waals surface area (Å²) in [6.07, 6.45) is 1.59. The maximum absolute atomic E-state index is 4.52. The van der Waals surface area contributed by atoms with Crippen LogP contribution in [-0.4, -0.2) is 33.8 Å². The first-order chi connectivity index (χ1) is 7.52. The number of aryl methyl sites for hydroxylation is 1. The first kappa shape index (κ1) is 10.9. The summed E-state index contributed by atoms with van der Waals surface area (Å²) in [7, 11) is 3.96. The van der Waals surface area contributed by atoms with Crippen LogP contribution >= 0.6 is 0 Å². The Hall–Kier alpha value is -1.65. The van der Waals surface area contributed by atoms with Crippen molar-refractivity contribution >= 4 is 16.9 Å². The average molecular weight is 219 g/mol. The highest BCUT2D eigenvalue weighted by Crippen LogP contribution is 2.26. The second kappa shape index (κ2) is 3.73. The molecule has 0 saturated carbocycles. The van der Waals surface area contributed by atoms with Crippen molar-refractivity contribution in [3.05, 3.63) is 12.0 Å². The summed E-state index contributed by atoms with van der Waals surface area (Å²) in [5.74, 6) is 0.925. The van der Waals surface area contributed by atoms with E-state index in [4.69, 9.17) is 0 Å². The molecule has 86 valence electrons. The van der Waals surface area contributed by atoms with Gasteiger partial charge in [-0.3, -0.25) is 0 Å². The van der Waals surface area contributed by atoms with Gasteiger partial charge in [-0.15, -0.1) is 0 Å². The van der Waals surface area contributed by atoms with Crippen molar-refractivity contribution in [3.63, 3.8) is 0 Å². The van der Waals surface area contributed by atoms with Gasteiger partial charge in [0.25, 0.3) is 0 Å². The Labute approximate surface area is 95.1 Å². The quantitative estimate of drug-likeness (QED) is 0.772. The predicted octanol–water partition coefficient (Wildman–Crippen LogP) is 1.78. The van der Waals surface area contributed by atoms with Crippen LogP contribution in [0.2, 0.25) is 0 Å². The zero-order valence-electron chi connectivity index (χ0n) is 10.4. The Bertz CT molecular complexity index is 512. The van der Waals surface area contributed by atoms with Crippen LogP contribution in [0.5, 0.6) is 0 Å². The van der Waals surface area contributed by atoms with Gasteiger partial charge in [0.15, 0.2) is 5.65 Å². The average Bonchev–Trinajstić information content (AvgIpc) is 2.56. The van der Waals surface area contributed by atoms with Crippen LogP contribution in [0.1, 0.15) is 25.6 Å². The van der Waals surface area contributed by atoms with Crippen LogP contribution < -0.4 is 4.90 Å². The first-order valence-electron chi connectivity index (χ1n) is 5.39.